The summed E-state index contributed by atoms with van der Waals surface area (Å²) < 4.78 is 6.33. The Morgan fingerprint density at radius 2 is 2.19 bits per heavy atom. The van der Waals surface area contributed by atoms with Crippen molar-refractivity contribution in [3.63, 3.8) is 0 Å². The molecule has 0 amide bonds. The van der Waals surface area contributed by atoms with Gasteiger partial charge in [0.05, 0.1) is 24.0 Å². The van der Waals surface area contributed by atoms with Crippen LogP contribution in [0.1, 0.15) is 0 Å². The molecule has 2 aromatic rings. The predicted octanol–water partition coefficient (Wildman–Crippen LogP) is 1.89. The second kappa shape index (κ2) is 4.37. The first-order chi connectivity index (χ1) is 7.70. The van der Waals surface area contributed by atoms with Crippen LogP contribution in [0.25, 0.3) is 5.69 Å². The largest absolute Gasteiger partial charge is 0.497 e. The molecule has 0 saturated heterocycles. The molecular weight excluding hydrogens is 228 g/mol. The van der Waals surface area contributed by atoms with Gasteiger partial charge < -0.3 is 4.74 Å². The molecule has 0 unspecified atom stereocenters. The number of hydrogen-bond acceptors (Lipinski definition) is 3. The maximum absolute atomic E-state index is 11.6. The summed E-state index contributed by atoms with van der Waals surface area (Å²) in [6, 6.07) is 8.39. The van der Waals surface area contributed by atoms with Crippen LogP contribution >= 0.6 is 11.6 Å². The molecule has 1 aromatic carbocycles. The fourth-order valence-corrected chi connectivity index (χ4v) is 1.46. The first-order valence-electron chi connectivity index (χ1n) is 4.60. The van der Waals surface area contributed by atoms with Gasteiger partial charge in [-0.2, -0.15) is 9.78 Å². The van der Waals surface area contributed by atoms with Crippen LogP contribution in [0, 0.1) is 0 Å². The van der Waals surface area contributed by atoms with Crippen molar-refractivity contribution >= 4 is 11.6 Å². The molecule has 0 aliphatic rings. The van der Waals surface area contributed by atoms with Crippen LogP contribution in [0.4, 0.5) is 0 Å². The topological polar surface area (TPSA) is 44.1 Å². The Balaban J connectivity index is 2.54. The van der Waals surface area contributed by atoms with Crippen molar-refractivity contribution < 1.29 is 4.74 Å². The van der Waals surface area contributed by atoms with Crippen LogP contribution in [-0.4, -0.2) is 16.9 Å². The highest BCUT2D eigenvalue weighted by Gasteiger charge is 2.02. The SMILES string of the molecule is COc1cccc(-n2ncc(Cl)cc2=O)c1. The number of rotatable bonds is 2. The third kappa shape index (κ3) is 2.06. The van der Waals surface area contributed by atoms with Crippen LogP contribution in [0.5, 0.6) is 5.75 Å². The van der Waals surface area contributed by atoms with Gasteiger partial charge in [-0.15, -0.1) is 0 Å². The molecule has 0 aliphatic heterocycles. The van der Waals surface area contributed by atoms with Crippen molar-refractivity contribution in [1.82, 2.24) is 9.78 Å². The Labute approximate surface area is 97.0 Å². The average Bonchev–Trinajstić information content (AvgIpc) is 2.29. The Kier molecular flexibility index (Phi) is 2.92. The summed E-state index contributed by atoms with van der Waals surface area (Å²) in [6.45, 7) is 0. The van der Waals surface area contributed by atoms with E-state index in [1.54, 1.807) is 31.4 Å². The minimum Gasteiger partial charge on any atom is -0.497 e. The lowest BCUT2D eigenvalue weighted by Gasteiger charge is -2.05. The number of halogens is 1. The van der Waals surface area contributed by atoms with Gasteiger partial charge in [0.25, 0.3) is 5.56 Å². The average molecular weight is 237 g/mol. The normalized spacial score (nSPS) is 10.1. The second-order valence-electron chi connectivity index (χ2n) is 3.13. The number of methoxy groups -OCH3 is 1. The molecule has 0 saturated carbocycles. The Morgan fingerprint density at radius 3 is 2.88 bits per heavy atom. The van der Waals surface area contributed by atoms with E-state index in [1.807, 2.05) is 0 Å². The summed E-state index contributed by atoms with van der Waals surface area (Å²) in [7, 11) is 1.57. The summed E-state index contributed by atoms with van der Waals surface area (Å²) in [6.07, 6.45) is 1.42. The minimum atomic E-state index is -0.277. The van der Waals surface area contributed by atoms with E-state index in [4.69, 9.17) is 16.3 Å². The van der Waals surface area contributed by atoms with Crippen molar-refractivity contribution in [2.24, 2.45) is 0 Å². The minimum absolute atomic E-state index is 0.277. The maximum Gasteiger partial charge on any atom is 0.272 e. The van der Waals surface area contributed by atoms with Gasteiger partial charge in [0.1, 0.15) is 5.75 Å². The van der Waals surface area contributed by atoms with Crippen LogP contribution in [0.3, 0.4) is 0 Å². The maximum atomic E-state index is 11.6. The highest BCUT2D eigenvalue weighted by atomic mass is 35.5. The van der Waals surface area contributed by atoms with Gasteiger partial charge in [-0.3, -0.25) is 4.79 Å². The highest BCUT2D eigenvalue weighted by Crippen LogP contribution is 2.14. The fraction of sp³-hybridized carbons (Fsp3) is 0.0909. The first kappa shape index (κ1) is 10.7. The van der Waals surface area contributed by atoms with Gasteiger partial charge in [0.2, 0.25) is 0 Å². The third-order valence-electron chi connectivity index (χ3n) is 2.06. The Bertz CT molecular complexity index is 566. The Morgan fingerprint density at radius 1 is 1.38 bits per heavy atom. The van der Waals surface area contributed by atoms with E-state index in [-0.39, 0.29) is 5.56 Å². The molecule has 0 aliphatic carbocycles. The van der Waals surface area contributed by atoms with Gasteiger partial charge in [-0.25, -0.2) is 0 Å². The number of hydrogen-bond donors (Lipinski definition) is 0. The zero-order valence-electron chi connectivity index (χ0n) is 8.55. The summed E-state index contributed by atoms with van der Waals surface area (Å²) in [5.74, 6) is 0.668. The molecule has 0 N–H and O–H groups in total. The molecule has 0 bridgehead atoms. The Hall–Kier alpha value is -1.81. The van der Waals surface area contributed by atoms with Crippen LogP contribution in [0.15, 0.2) is 41.3 Å². The molecule has 5 heteroatoms. The van der Waals surface area contributed by atoms with Crippen LogP contribution in [0.2, 0.25) is 5.02 Å². The zero-order chi connectivity index (χ0) is 11.5. The van der Waals surface area contributed by atoms with E-state index in [0.29, 0.717) is 16.5 Å². The zero-order valence-corrected chi connectivity index (χ0v) is 9.31. The molecule has 0 fully saturated rings. The van der Waals surface area contributed by atoms with Crippen molar-refractivity contribution in [2.45, 2.75) is 0 Å². The number of benzene rings is 1. The van der Waals surface area contributed by atoms with Crippen molar-refractivity contribution in [2.75, 3.05) is 7.11 Å². The number of aromatic nitrogens is 2. The van der Waals surface area contributed by atoms with E-state index in [9.17, 15) is 4.79 Å². The monoisotopic (exact) mass is 236 g/mol. The van der Waals surface area contributed by atoms with Gasteiger partial charge >= 0.3 is 0 Å². The van der Waals surface area contributed by atoms with E-state index < -0.39 is 0 Å². The van der Waals surface area contributed by atoms with Crippen LogP contribution in [-0.2, 0) is 0 Å². The lowest BCUT2D eigenvalue weighted by atomic mass is 10.3. The summed E-state index contributed by atoms with van der Waals surface area (Å²) >= 11 is 5.66. The van der Waals surface area contributed by atoms with Crippen molar-refractivity contribution in [3.05, 3.63) is 51.9 Å². The predicted molar refractivity (Wildman–Crippen MR) is 61.4 cm³/mol. The molecule has 0 spiro atoms. The van der Waals surface area contributed by atoms with Crippen molar-refractivity contribution in [3.8, 4) is 11.4 Å². The first-order valence-corrected chi connectivity index (χ1v) is 4.98. The van der Waals surface area contributed by atoms with Crippen molar-refractivity contribution in [1.29, 1.82) is 0 Å². The third-order valence-corrected chi connectivity index (χ3v) is 2.27. The standard InChI is InChI=1S/C11H9ClN2O2/c1-16-10-4-2-3-9(6-10)14-11(15)5-8(12)7-13-14/h2-7H,1H3. The van der Waals surface area contributed by atoms with Gasteiger partial charge in [0.15, 0.2) is 0 Å². The number of nitrogens with zero attached hydrogens (tertiary/aromatic N) is 2. The van der Waals surface area contributed by atoms with E-state index in [1.165, 1.54) is 16.9 Å². The second-order valence-corrected chi connectivity index (χ2v) is 3.56. The summed E-state index contributed by atoms with van der Waals surface area (Å²) in [4.78, 5) is 11.6. The highest BCUT2D eigenvalue weighted by molar-refractivity contribution is 6.30. The smallest absolute Gasteiger partial charge is 0.272 e. The lowest BCUT2D eigenvalue weighted by Crippen LogP contribution is -2.19. The van der Waals surface area contributed by atoms with Gasteiger partial charge in [-0.1, -0.05) is 17.7 Å². The molecule has 4 nitrogen and oxygen atoms in total. The van der Waals surface area contributed by atoms with Gasteiger partial charge in [-0.05, 0) is 12.1 Å². The number of ether oxygens (including phenoxy) is 1. The molecule has 1 heterocycles. The van der Waals surface area contributed by atoms with Gasteiger partial charge in [0, 0.05) is 12.1 Å². The molecule has 0 radical (unpaired) electrons. The van der Waals surface area contributed by atoms with E-state index >= 15 is 0 Å². The molecule has 82 valence electrons. The van der Waals surface area contributed by atoms with E-state index in [0.717, 1.165) is 0 Å². The molecule has 0 atom stereocenters. The molecular formula is C11H9ClN2O2. The summed E-state index contributed by atoms with van der Waals surface area (Å²) in [5.41, 5.74) is 0.363. The lowest BCUT2D eigenvalue weighted by molar-refractivity contribution is 0.414. The summed E-state index contributed by atoms with van der Waals surface area (Å²) in [5, 5.41) is 4.26. The molecule has 16 heavy (non-hydrogen) atoms. The fourth-order valence-electron chi connectivity index (χ4n) is 1.32. The molecule has 1 aromatic heterocycles. The van der Waals surface area contributed by atoms with E-state index in [2.05, 4.69) is 5.10 Å². The quantitative estimate of drug-likeness (QED) is 0.800. The molecule has 2 rings (SSSR count). The van der Waals surface area contributed by atoms with Crippen LogP contribution < -0.4 is 10.3 Å².